The highest BCUT2D eigenvalue weighted by atomic mass is 32.2. The fourth-order valence-electron chi connectivity index (χ4n) is 2.54. The van der Waals surface area contributed by atoms with Gasteiger partial charge in [-0.15, -0.1) is 11.3 Å². The Morgan fingerprint density at radius 2 is 2.14 bits per heavy atom. The van der Waals surface area contributed by atoms with Gasteiger partial charge in [0, 0.05) is 24.0 Å². The molecule has 1 aliphatic heterocycles. The van der Waals surface area contributed by atoms with E-state index in [1.165, 1.54) is 4.88 Å². The molecule has 21 heavy (non-hydrogen) atoms. The van der Waals surface area contributed by atoms with Crippen LogP contribution in [0, 0.1) is 0 Å². The first-order chi connectivity index (χ1) is 9.98. The van der Waals surface area contributed by atoms with Gasteiger partial charge in [-0.1, -0.05) is 12.1 Å². The molecule has 1 atom stereocenters. The van der Waals surface area contributed by atoms with Crippen molar-refractivity contribution >= 4 is 21.4 Å². The van der Waals surface area contributed by atoms with Crippen LogP contribution in [0.1, 0.15) is 29.0 Å². The number of sulfonamides is 1. The van der Waals surface area contributed by atoms with Crippen molar-refractivity contribution < 1.29 is 8.42 Å². The summed E-state index contributed by atoms with van der Waals surface area (Å²) < 4.78 is 27.1. The lowest BCUT2D eigenvalue weighted by Crippen LogP contribution is -2.35. The molecule has 1 aromatic heterocycles. The molecule has 2 heterocycles. The maximum atomic E-state index is 12.8. The van der Waals surface area contributed by atoms with Crippen LogP contribution in [0.15, 0.2) is 40.6 Å². The van der Waals surface area contributed by atoms with E-state index < -0.39 is 10.0 Å². The summed E-state index contributed by atoms with van der Waals surface area (Å²) in [6.07, 6.45) is 0.791. The number of benzene rings is 1. The van der Waals surface area contributed by atoms with E-state index in [1.54, 1.807) is 33.8 Å². The third kappa shape index (κ3) is 2.76. The fourth-order valence-corrected chi connectivity index (χ4v) is 4.90. The minimum absolute atomic E-state index is 0.176. The molecule has 112 valence electrons. The van der Waals surface area contributed by atoms with Crippen LogP contribution in [0.4, 0.5) is 0 Å². The molecule has 0 fully saturated rings. The zero-order valence-corrected chi connectivity index (χ0v) is 13.5. The second kappa shape index (κ2) is 5.53. The van der Waals surface area contributed by atoms with Crippen LogP contribution in [0.2, 0.25) is 0 Å². The SMILES string of the molecule is CC(N)c1cccc(S(=O)(=O)N2CCc3sccc3C2)c1. The molecular formula is C15H18N2O2S2. The summed E-state index contributed by atoms with van der Waals surface area (Å²) in [7, 11) is -3.46. The van der Waals surface area contributed by atoms with Gasteiger partial charge in [0.25, 0.3) is 0 Å². The van der Waals surface area contributed by atoms with E-state index in [9.17, 15) is 8.42 Å². The summed E-state index contributed by atoms with van der Waals surface area (Å²) in [5.41, 5.74) is 7.81. The molecule has 2 aromatic rings. The maximum Gasteiger partial charge on any atom is 0.243 e. The maximum absolute atomic E-state index is 12.8. The number of fused-ring (bicyclic) bond motifs is 1. The largest absolute Gasteiger partial charge is 0.324 e. The first-order valence-electron chi connectivity index (χ1n) is 6.89. The summed E-state index contributed by atoms with van der Waals surface area (Å²) in [6.45, 7) is 2.85. The Morgan fingerprint density at radius 1 is 1.33 bits per heavy atom. The average molecular weight is 322 g/mol. The van der Waals surface area contributed by atoms with E-state index in [1.807, 2.05) is 24.4 Å². The second-order valence-electron chi connectivity index (χ2n) is 5.32. The molecule has 0 saturated carbocycles. The van der Waals surface area contributed by atoms with Gasteiger partial charge in [-0.25, -0.2) is 8.42 Å². The van der Waals surface area contributed by atoms with Crippen LogP contribution in [0.3, 0.4) is 0 Å². The summed E-state index contributed by atoms with van der Waals surface area (Å²) in [5.74, 6) is 0. The Kier molecular flexibility index (Phi) is 3.88. The number of rotatable bonds is 3. The smallest absolute Gasteiger partial charge is 0.243 e. The molecule has 6 heteroatoms. The molecule has 0 amide bonds. The number of nitrogens with zero attached hydrogens (tertiary/aromatic N) is 1. The first kappa shape index (κ1) is 14.7. The molecule has 4 nitrogen and oxygen atoms in total. The van der Waals surface area contributed by atoms with Crippen molar-refractivity contribution in [1.29, 1.82) is 0 Å². The van der Waals surface area contributed by atoms with Gasteiger partial charge < -0.3 is 5.73 Å². The van der Waals surface area contributed by atoms with Gasteiger partial charge in [0.15, 0.2) is 0 Å². The zero-order valence-electron chi connectivity index (χ0n) is 11.8. The third-order valence-corrected chi connectivity index (χ3v) is 6.66. The van der Waals surface area contributed by atoms with Gasteiger partial charge in [0.1, 0.15) is 0 Å². The van der Waals surface area contributed by atoms with Crippen molar-refractivity contribution in [2.75, 3.05) is 6.54 Å². The number of nitrogens with two attached hydrogens (primary N) is 1. The molecule has 1 aromatic carbocycles. The van der Waals surface area contributed by atoms with Crippen LogP contribution >= 0.6 is 11.3 Å². The highest BCUT2D eigenvalue weighted by Gasteiger charge is 2.29. The van der Waals surface area contributed by atoms with Crippen LogP contribution in [0.25, 0.3) is 0 Å². The van der Waals surface area contributed by atoms with Gasteiger partial charge in [-0.05, 0) is 48.1 Å². The monoisotopic (exact) mass is 322 g/mol. The van der Waals surface area contributed by atoms with E-state index in [0.29, 0.717) is 18.0 Å². The average Bonchev–Trinajstić information content (AvgIpc) is 2.94. The zero-order chi connectivity index (χ0) is 15.0. The Labute approximate surface area is 129 Å². The minimum Gasteiger partial charge on any atom is -0.324 e. The Hall–Kier alpha value is -1.21. The number of hydrogen-bond acceptors (Lipinski definition) is 4. The highest BCUT2D eigenvalue weighted by Crippen LogP contribution is 2.28. The van der Waals surface area contributed by atoms with E-state index in [4.69, 9.17) is 5.73 Å². The Balaban J connectivity index is 1.93. The van der Waals surface area contributed by atoms with Crippen LogP contribution in [-0.2, 0) is 23.0 Å². The standard InChI is InChI=1S/C15H18N2O2S2/c1-11(16)12-3-2-4-14(9-12)21(18,19)17-7-5-15-13(10-17)6-8-20-15/h2-4,6,8-9,11H,5,7,10,16H2,1H3. The van der Waals surface area contributed by atoms with Crippen LogP contribution in [-0.4, -0.2) is 19.3 Å². The molecular weight excluding hydrogens is 304 g/mol. The lowest BCUT2D eigenvalue weighted by Gasteiger charge is -2.26. The topological polar surface area (TPSA) is 63.4 Å². The fraction of sp³-hybridized carbons (Fsp3) is 0.333. The van der Waals surface area contributed by atoms with Gasteiger partial charge in [-0.2, -0.15) is 4.31 Å². The molecule has 0 spiro atoms. The molecule has 3 rings (SSSR count). The van der Waals surface area contributed by atoms with Gasteiger partial charge in [0.05, 0.1) is 4.90 Å². The second-order valence-corrected chi connectivity index (χ2v) is 8.26. The molecule has 0 saturated heterocycles. The van der Waals surface area contributed by atoms with E-state index in [0.717, 1.165) is 17.5 Å². The van der Waals surface area contributed by atoms with Crippen molar-refractivity contribution in [2.24, 2.45) is 5.73 Å². The lowest BCUT2D eigenvalue weighted by molar-refractivity contribution is 0.394. The van der Waals surface area contributed by atoms with E-state index in [2.05, 4.69) is 0 Å². The highest BCUT2D eigenvalue weighted by molar-refractivity contribution is 7.89. The number of hydrogen-bond donors (Lipinski definition) is 1. The van der Waals surface area contributed by atoms with Crippen LogP contribution in [0.5, 0.6) is 0 Å². The molecule has 1 aliphatic rings. The predicted molar refractivity (Wildman–Crippen MR) is 84.7 cm³/mol. The Bertz CT molecular complexity index is 751. The number of thiophene rings is 1. The molecule has 2 N–H and O–H groups in total. The first-order valence-corrected chi connectivity index (χ1v) is 9.21. The van der Waals surface area contributed by atoms with Gasteiger partial charge in [0.2, 0.25) is 10.0 Å². The van der Waals surface area contributed by atoms with Crippen molar-refractivity contribution in [1.82, 2.24) is 4.31 Å². The van der Waals surface area contributed by atoms with Crippen LogP contribution < -0.4 is 5.73 Å². The lowest BCUT2D eigenvalue weighted by atomic mass is 10.1. The van der Waals surface area contributed by atoms with Crippen molar-refractivity contribution in [2.45, 2.75) is 30.8 Å². The normalized spacial score (nSPS) is 17.4. The van der Waals surface area contributed by atoms with Gasteiger partial charge >= 0.3 is 0 Å². The minimum atomic E-state index is -3.46. The quantitative estimate of drug-likeness (QED) is 0.944. The molecule has 1 unspecified atom stereocenters. The van der Waals surface area contributed by atoms with Crippen molar-refractivity contribution in [3.05, 3.63) is 51.7 Å². The van der Waals surface area contributed by atoms with E-state index in [-0.39, 0.29) is 6.04 Å². The molecule has 0 bridgehead atoms. The van der Waals surface area contributed by atoms with Crippen molar-refractivity contribution in [3.8, 4) is 0 Å². The molecule has 0 radical (unpaired) electrons. The summed E-state index contributed by atoms with van der Waals surface area (Å²) >= 11 is 1.70. The van der Waals surface area contributed by atoms with E-state index >= 15 is 0 Å². The summed E-state index contributed by atoms with van der Waals surface area (Å²) in [6, 6.07) is 8.78. The van der Waals surface area contributed by atoms with Crippen molar-refractivity contribution in [3.63, 3.8) is 0 Å². The van der Waals surface area contributed by atoms with Gasteiger partial charge in [-0.3, -0.25) is 0 Å². The summed E-state index contributed by atoms with van der Waals surface area (Å²) in [5, 5.41) is 2.03. The molecule has 0 aliphatic carbocycles. The predicted octanol–water partition coefficient (Wildman–Crippen LogP) is 2.51. The Morgan fingerprint density at radius 3 is 2.90 bits per heavy atom. The summed E-state index contributed by atoms with van der Waals surface area (Å²) in [4.78, 5) is 1.63. The third-order valence-electron chi connectivity index (χ3n) is 3.79.